The SMILES string of the molecule is CCN(CCCO)Cc1ccsc1. The largest absolute Gasteiger partial charge is 0.396 e. The Bertz CT molecular complexity index is 211. The highest BCUT2D eigenvalue weighted by atomic mass is 32.1. The Morgan fingerprint density at radius 1 is 1.54 bits per heavy atom. The Hall–Kier alpha value is -0.380. The topological polar surface area (TPSA) is 23.5 Å². The fourth-order valence-electron chi connectivity index (χ4n) is 1.28. The molecule has 0 saturated carbocycles. The standard InChI is InChI=1S/C10H17NOS/c1-2-11(5-3-6-12)8-10-4-7-13-9-10/h4,7,9,12H,2-3,5-6,8H2,1H3. The van der Waals surface area contributed by atoms with Gasteiger partial charge in [-0.15, -0.1) is 0 Å². The van der Waals surface area contributed by atoms with Crippen LogP contribution in [0.4, 0.5) is 0 Å². The summed E-state index contributed by atoms with van der Waals surface area (Å²) in [5, 5.41) is 13.0. The van der Waals surface area contributed by atoms with E-state index in [0.29, 0.717) is 6.61 Å². The third kappa shape index (κ3) is 3.89. The van der Waals surface area contributed by atoms with E-state index in [2.05, 4.69) is 28.7 Å². The maximum absolute atomic E-state index is 8.71. The van der Waals surface area contributed by atoms with Gasteiger partial charge in [0, 0.05) is 19.7 Å². The second kappa shape index (κ2) is 6.13. The number of thiophene rings is 1. The maximum Gasteiger partial charge on any atom is 0.0443 e. The molecule has 1 heterocycles. The van der Waals surface area contributed by atoms with Crippen LogP contribution in [0.25, 0.3) is 0 Å². The molecule has 0 spiro atoms. The quantitative estimate of drug-likeness (QED) is 0.757. The molecule has 1 N–H and O–H groups in total. The summed E-state index contributed by atoms with van der Waals surface area (Å²) in [5.74, 6) is 0. The van der Waals surface area contributed by atoms with E-state index in [0.717, 1.165) is 26.1 Å². The van der Waals surface area contributed by atoms with Gasteiger partial charge in [-0.25, -0.2) is 0 Å². The van der Waals surface area contributed by atoms with Gasteiger partial charge in [0.25, 0.3) is 0 Å². The van der Waals surface area contributed by atoms with Gasteiger partial charge in [0.2, 0.25) is 0 Å². The molecule has 0 aromatic carbocycles. The zero-order valence-electron chi connectivity index (χ0n) is 8.07. The van der Waals surface area contributed by atoms with E-state index >= 15 is 0 Å². The number of hydrogen-bond donors (Lipinski definition) is 1. The molecule has 0 aliphatic carbocycles. The molecule has 0 fully saturated rings. The van der Waals surface area contributed by atoms with Crippen LogP contribution in [-0.4, -0.2) is 29.7 Å². The third-order valence-corrected chi connectivity index (χ3v) is 2.80. The minimum Gasteiger partial charge on any atom is -0.396 e. The molecule has 1 rings (SSSR count). The lowest BCUT2D eigenvalue weighted by atomic mass is 10.3. The van der Waals surface area contributed by atoms with E-state index in [1.54, 1.807) is 11.3 Å². The van der Waals surface area contributed by atoms with E-state index < -0.39 is 0 Å². The van der Waals surface area contributed by atoms with Gasteiger partial charge < -0.3 is 5.11 Å². The number of aliphatic hydroxyl groups is 1. The highest BCUT2D eigenvalue weighted by Crippen LogP contribution is 2.09. The second-order valence-corrected chi connectivity index (χ2v) is 3.86. The highest BCUT2D eigenvalue weighted by molar-refractivity contribution is 7.07. The molecule has 1 aromatic rings. The van der Waals surface area contributed by atoms with E-state index in [1.165, 1.54) is 5.56 Å². The second-order valence-electron chi connectivity index (χ2n) is 3.08. The molecule has 0 aliphatic heterocycles. The Labute approximate surface area is 83.8 Å². The summed E-state index contributed by atoms with van der Waals surface area (Å²) in [6, 6.07) is 2.16. The predicted molar refractivity (Wildman–Crippen MR) is 57.0 cm³/mol. The lowest BCUT2D eigenvalue weighted by Gasteiger charge is -2.18. The summed E-state index contributed by atoms with van der Waals surface area (Å²) in [7, 11) is 0. The fourth-order valence-corrected chi connectivity index (χ4v) is 1.94. The van der Waals surface area contributed by atoms with Crippen molar-refractivity contribution in [2.75, 3.05) is 19.7 Å². The monoisotopic (exact) mass is 199 g/mol. The Morgan fingerprint density at radius 3 is 2.92 bits per heavy atom. The third-order valence-electron chi connectivity index (χ3n) is 2.07. The highest BCUT2D eigenvalue weighted by Gasteiger charge is 2.02. The number of rotatable bonds is 6. The number of hydrogen-bond acceptors (Lipinski definition) is 3. The van der Waals surface area contributed by atoms with Gasteiger partial charge in [0.05, 0.1) is 0 Å². The van der Waals surface area contributed by atoms with Crippen molar-refractivity contribution in [3.05, 3.63) is 22.4 Å². The van der Waals surface area contributed by atoms with Gasteiger partial charge >= 0.3 is 0 Å². The van der Waals surface area contributed by atoms with Crippen molar-refractivity contribution in [1.82, 2.24) is 4.90 Å². The van der Waals surface area contributed by atoms with Crippen molar-refractivity contribution >= 4 is 11.3 Å². The lowest BCUT2D eigenvalue weighted by molar-refractivity contribution is 0.225. The first-order valence-corrected chi connectivity index (χ1v) is 5.65. The zero-order chi connectivity index (χ0) is 9.52. The van der Waals surface area contributed by atoms with Gasteiger partial charge in [0.15, 0.2) is 0 Å². The molecule has 3 heteroatoms. The molecule has 0 aliphatic rings. The van der Waals surface area contributed by atoms with Crippen molar-refractivity contribution in [2.24, 2.45) is 0 Å². The zero-order valence-corrected chi connectivity index (χ0v) is 8.89. The first kappa shape index (κ1) is 10.7. The fraction of sp³-hybridized carbons (Fsp3) is 0.600. The Kier molecular flexibility index (Phi) is 5.05. The molecule has 74 valence electrons. The molecule has 2 nitrogen and oxygen atoms in total. The van der Waals surface area contributed by atoms with Crippen LogP contribution in [0.3, 0.4) is 0 Å². The van der Waals surface area contributed by atoms with Crippen molar-refractivity contribution in [1.29, 1.82) is 0 Å². The van der Waals surface area contributed by atoms with Crippen LogP contribution in [-0.2, 0) is 6.54 Å². The summed E-state index contributed by atoms with van der Waals surface area (Å²) in [6.07, 6.45) is 0.873. The van der Waals surface area contributed by atoms with Crippen LogP contribution in [0.2, 0.25) is 0 Å². The van der Waals surface area contributed by atoms with Crippen LogP contribution < -0.4 is 0 Å². The van der Waals surface area contributed by atoms with Crippen LogP contribution in [0.15, 0.2) is 16.8 Å². The van der Waals surface area contributed by atoms with E-state index in [9.17, 15) is 0 Å². The van der Waals surface area contributed by atoms with E-state index in [-0.39, 0.29) is 0 Å². The normalized spacial score (nSPS) is 11.0. The van der Waals surface area contributed by atoms with Crippen LogP contribution in [0.1, 0.15) is 18.9 Å². The summed E-state index contributed by atoms with van der Waals surface area (Å²) < 4.78 is 0. The van der Waals surface area contributed by atoms with Crippen molar-refractivity contribution < 1.29 is 5.11 Å². The molecule has 0 amide bonds. The molecular weight excluding hydrogens is 182 g/mol. The first-order valence-electron chi connectivity index (χ1n) is 4.71. The molecule has 0 unspecified atom stereocenters. The van der Waals surface area contributed by atoms with Crippen LogP contribution >= 0.6 is 11.3 Å². The molecule has 0 saturated heterocycles. The van der Waals surface area contributed by atoms with Gasteiger partial charge in [-0.1, -0.05) is 6.92 Å². The van der Waals surface area contributed by atoms with Gasteiger partial charge in [0.1, 0.15) is 0 Å². The summed E-state index contributed by atoms with van der Waals surface area (Å²) in [5.41, 5.74) is 1.38. The first-order chi connectivity index (χ1) is 6.36. The summed E-state index contributed by atoms with van der Waals surface area (Å²) >= 11 is 1.74. The maximum atomic E-state index is 8.71. The molecule has 0 atom stereocenters. The molecule has 0 bridgehead atoms. The Morgan fingerprint density at radius 2 is 2.38 bits per heavy atom. The molecular formula is C10H17NOS. The minimum absolute atomic E-state index is 0.292. The molecule has 13 heavy (non-hydrogen) atoms. The van der Waals surface area contributed by atoms with E-state index in [4.69, 9.17) is 5.11 Å². The van der Waals surface area contributed by atoms with Crippen molar-refractivity contribution in [2.45, 2.75) is 19.9 Å². The predicted octanol–water partition coefficient (Wildman–Crippen LogP) is 1.95. The summed E-state index contributed by atoms with van der Waals surface area (Å²) in [6.45, 7) is 5.50. The van der Waals surface area contributed by atoms with Crippen LogP contribution in [0.5, 0.6) is 0 Å². The van der Waals surface area contributed by atoms with Gasteiger partial charge in [-0.05, 0) is 35.4 Å². The average Bonchev–Trinajstić information content (AvgIpc) is 2.64. The van der Waals surface area contributed by atoms with Crippen molar-refractivity contribution in [3.8, 4) is 0 Å². The lowest BCUT2D eigenvalue weighted by Crippen LogP contribution is -2.24. The molecule has 1 aromatic heterocycles. The average molecular weight is 199 g/mol. The van der Waals surface area contributed by atoms with E-state index in [1.807, 2.05) is 0 Å². The number of nitrogens with zero attached hydrogens (tertiary/aromatic N) is 1. The van der Waals surface area contributed by atoms with Gasteiger partial charge in [-0.2, -0.15) is 11.3 Å². The molecule has 0 radical (unpaired) electrons. The minimum atomic E-state index is 0.292. The summed E-state index contributed by atoms with van der Waals surface area (Å²) in [4.78, 5) is 2.35. The van der Waals surface area contributed by atoms with Crippen molar-refractivity contribution in [3.63, 3.8) is 0 Å². The van der Waals surface area contributed by atoms with Crippen LogP contribution in [0, 0.1) is 0 Å². The Balaban J connectivity index is 2.31. The number of aliphatic hydroxyl groups excluding tert-OH is 1. The van der Waals surface area contributed by atoms with Gasteiger partial charge in [-0.3, -0.25) is 4.90 Å². The smallest absolute Gasteiger partial charge is 0.0443 e.